The van der Waals surface area contributed by atoms with Crippen molar-refractivity contribution in [3.05, 3.63) is 106 Å². The van der Waals surface area contributed by atoms with Gasteiger partial charge in [0.25, 0.3) is 5.69 Å². The number of nitro benzene ring substituents is 1. The van der Waals surface area contributed by atoms with Crippen molar-refractivity contribution in [1.29, 1.82) is 0 Å². The Bertz CT molecular complexity index is 911. The lowest BCUT2D eigenvalue weighted by Gasteiger charge is -2.23. The zero-order valence-corrected chi connectivity index (χ0v) is 16.0. The third-order valence-electron chi connectivity index (χ3n) is 4.86. The molecule has 144 valence electrons. The lowest BCUT2D eigenvalue weighted by atomic mass is 9.96. The first-order valence-corrected chi connectivity index (χ1v) is 9.25. The number of methoxy groups -OCH3 is 1. The van der Waals surface area contributed by atoms with Gasteiger partial charge in [0.1, 0.15) is 5.75 Å². The van der Waals surface area contributed by atoms with Crippen molar-refractivity contribution in [2.75, 3.05) is 13.7 Å². The first-order chi connectivity index (χ1) is 13.6. The third kappa shape index (κ3) is 4.75. The summed E-state index contributed by atoms with van der Waals surface area (Å²) in [5.74, 6) is 1.08. The fourth-order valence-electron chi connectivity index (χ4n) is 3.24. The Labute approximate surface area is 165 Å². The Morgan fingerprint density at radius 2 is 1.61 bits per heavy atom. The molecule has 1 N–H and O–H groups in total. The van der Waals surface area contributed by atoms with Crippen LogP contribution in [0.1, 0.15) is 35.6 Å². The molecule has 0 amide bonds. The molecule has 0 saturated heterocycles. The van der Waals surface area contributed by atoms with E-state index in [4.69, 9.17) is 4.74 Å². The Morgan fingerprint density at radius 3 is 2.25 bits per heavy atom. The van der Waals surface area contributed by atoms with Gasteiger partial charge in [0.2, 0.25) is 0 Å². The monoisotopic (exact) mass is 376 g/mol. The highest BCUT2D eigenvalue weighted by atomic mass is 16.6. The quantitative estimate of drug-likeness (QED) is 0.439. The molecule has 5 nitrogen and oxygen atoms in total. The van der Waals surface area contributed by atoms with Crippen molar-refractivity contribution in [2.45, 2.75) is 18.9 Å². The van der Waals surface area contributed by atoms with E-state index in [2.05, 4.69) is 24.4 Å². The van der Waals surface area contributed by atoms with E-state index >= 15 is 0 Å². The summed E-state index contributed by atoms with van der Waals surface area (Å²) >= 11 is 0. The predicted octanol–water partition coefficient (Wildman–Crippen LogP) is 5.09. The first-order valence-electron chi connectivity index (χ1n) is 9.25. The maximum absolute atomic E-state index is 11.2. The van der Waals surface area contributed by atoms with E-state index in [9.17, 15) is 10.1 Å². The van der Waals surface area contributed by atoms with Crippen LogP contribution in [0.5, 0.6) is 5.75 Å². The van der Waals surface area contributed by atoms with Crippen LogP contribution in [0.25, 0.3) is 0 Å². The second-order valence-corrected chi connectivity index (χ2v) is 6.78. The maximum Gasteiger partial charge on any atom is 0.269 e. The largest absolute Gasteiger partial charge is 0.497 e. The summed E-state index contributed by atoms with van der Waals surface area (Å²) in [6.07, 6.45) is 0. The minimum atomic E-state index is -0.360. The maximum atomic E-state index is 11.2. The standard InChI is InChI=1S/C23H24N2O3/c1-17(18-7-4-3-5-8-18)16-24-23(19-11-13-22(28-2)14-12-19)20-9-6-10-21(15-20)25(26)27/h3-15,17,23-24H,16H2,1-2H3. The van der Waals surface area contributed by atoms with E-state index in [0.29, 0.717) is 5.92 Å². The number of nitrogens with zero attached hydrogens (tertiary/aromatic N) is 1. The molecule has 0 bridgehead atoms. The molecule has 3 aromatic rings. The summed E-state index contributed by atoms with van der Waals surface area (Å²) in [5.41, 5.74) is 3.23. The molecule has 0 fully saturated rings. The van der Waals surface area contributed by atoms with Crippen LogP contribution in [0.4, 0.5) is 5.69 Å². The first kappa shape index (κ1) is 19.6. The zero-order valence-electron chi connectivity index (χ0n) is 16.0. The van der Waals surface area contributed by atoms with Crippen LogP contribution >= 0.6 is 0 Å². The minimum absolute atomic E-state index is 0.0916. The topological polar surface area (TPSA) is 64.4 Å². The summed E-state index contributed by atoms with van der Waals surface area (Å²) in [6.45, 7) is 2.91. The lowest BCUT2D eigenvalue weighted by Crippen LogP contribution is -2.26. The minimum Gasteiger partial charge on any atom is -0.497 e. The van der Waals surface area contributed by atoms with E-state index in [1.807, 2.05) is 48.5 Å². The van der Waals surface area contributed by atoms with Crippen molar-refractivity contribution < 1.29 is 9.66 Å². The summed E-state index contributed by atoms with van der Waals surface area (Å²) in [7, 11) is 1.63. The molecule has 5 heteroatoms. The van der Waals surface area contributed by atoms with Gasteiger partial charge in [-0.25, -0.2) is 0 Å². The van der Waals surface area contributed by atoms with Crippen LogP contribution < -0.4 is 10.1 Å². The second-order valence-electron chi connectivity index (χ2n) is 6.78. The lowest BCUT2D eigenvalue weighted by molar-refractivity contribution is -0.384. The second kappa shape index (κ2) is 9.15. The third-order valence-corrected chi connectivity index (χ3v) is 4.86. The average molecular weight is 376 g/mol. The normalized spacial score (nSPS) is 12.9. The highest BCUT2D eigenvalue weighted by molar-refractivity contribution is 5.41. The van der Waals surface area contributed by atoms with Gasteiger partial charge in [0.15, 0.2) is 0 Å². The molecule has 0 heterocycles. The number of hydrogen-bond donors (Lipinski definition) is 1. The van der Waals surface area contributed by atoms with Gasteiger partial charge in [-0.1, -0.05) is 61.5 Å². The molecule has 0 aliphatic rings. The number of nitro groups is 1. The highest BCUT2D eigenvalue weighted by Gasteiger charge is 2.18. The summed E-state index contributed by atoms with van der Waals surface area (Å²) in [4.78, 5) is 10.9. The van der Waals surface area contributed by atoms with Gasteiger partial charge in [-0.05, 0) is 34.7 Å². The SMILES string of the molecule is COc1ccc(C(NCC(C)c2ccccc2)c2cccc([N+](=O)[O-])c2)cc1. The molecule has 3 rings (SSSR count). The van der Waals surface area contributed by atoms with Gasteiger partial charge in [0.05, 0.1) is 18.1 Å². The van der Waals surface area contributed by atoms with Gasteiger partial charge in [0, 0.05) is 18.7 Å². The number of hydrogen-bond acceptors (Lipinski definition) is 4. The van der Waals surface area contributed by atoms with E-state index < -0.39 is 0 Å². The smallest absolute Gasteiger partial charge is 0.269 e. The van der Waals surface area contributed by atoms with E-state index in [-0.39, 0.29) is 16.7 Å². The number of benzene rings is 3. The van der Waals surface area contributed by atoms with E-state index in [0.717, 1.165) is 23.4 Å². The van der Waals surface area contributed by atoms with Crippen LogP contribution in [0, 0.1) is 10.1 Å². The van der Waals surface area contributed by atoms with Crippen LogP contribution in [-0.4, -0.2) is 18.6 Å². The molecule has 0 aromatic heterocycles. The Morgan fingerprint density at radius 1 is 0.929 bits per heavy atom. The Hall–Kier alpha value is -3.18. The van der Waals surface area contributed by atoms with Gasteiger partial charge >= 0.3 is 0 Å². The fourth-order valence-corrected chi connectivity index (χ4v) is 3.24. The molecule has 0 saturated carbocycles. The summed E-state index contributed by atoms with van der Waals surface area (Å²) in [6, 6.07) is 24.7. The predicted molar refractivity (Wildman–Crippen MR) is 111 cm³/mol. The Balaban J connectivity index is 1.87. The molecular weight excluding hydrogens is 352 g/mol. The number of nitrogens with one attached hydrogen (secondary N) is 1. The van der Waals surface area contributed by atoms with Crippen molar-refractivity contribution in [3.63, 3.8) is 0 Å². The summed E-state index contributed by atoms with van der Waals surface area (Å²) < 4.78 is 5.25. The summed E-state index contributed by atoms with van der Waals surface area (Å²) in [5, 5.41) is 14.8. The molecule has 0 aliphatic carbocycles. The van der Waals surface area contributed by atoms with Crippen LogP contribution in [0.15, 0.2) is 78.9 Å². The van der Waals surface area contributed by atoms with Gasteiger partial charge in [-0.3, -0.25) is 10.1 Å². The molecule has 0 radical (unpaired) electrons. The van der Waals surface area contributed by atoms with Crippen LogP contribution in [0.2, 0.25) is 0 Å². The zero-order chi connectivity index (χ0) is 19.9. The molecule has 2 atom stereocenters. The average Bonchev–Trinajstić information content (AvgIpc) is 2.75. The van der Waals surface area contributed by atoms with Crippen LogP contribution in [-0.2, 0) is 0 Å². The number of non-ortho nitro benzene ring substituents is 1. The van der Waals surface area contributed by atoms with Crippen molar-refractivity contribution in [3.8, 4) is 5.75 Å². The molecular formula is C23H24N2O3. The van der Waals surface area contributed by atoms with E-state index in [1.54, 1.807) is 19.2 Å². The molecule has 2 unspecified atom stereocenters. The van der Waals surface area contributed by atoms with Gasteiger partial charge in [-0.15, -0.1) is 0 Å². The van der Waals surface area contributed by atoms with Crippen molar-refractivity contribution in [2.24, 2.45) is 0 Å². The van der Waals surface area contributed by atoms with Gasteiger partial charge in [-0.2, -0.15) is 0 Å². The van der Waals surface area contributed by atoms with Crippen molar-refractivity contribution >= 4 is 5.69 Å². The highest BCUT2D eigenvalue weighted by Crippen LogP contribution is 2.27. The van der Waals surface area contributed by atoms with E-state index in [1.165, 1.54) is 11.6 Å². The number of rotatable bonds is 8. The molecule has 28 heavy (non-hydrogen) atoms. The number of ether oxygens (including phenoxy) is 1. The molecule has 0 spiro atoms. The van der Waals surface area contributed by atoms with Crippen molar-refractivity contribution in [1.82, 2.24) is 5.32 Å². The fraction of sp³-hybridized carbons (Fsp3) is 0.217. The van der Waals surface area contributed by atoms with Gasteiger partial charge < -0.3 is 10.1 Å². The Kier molecular flexibility index (Phi) is 6.40. The van der Waals surface area contributed by atoms with Crippen LogP contribution in [0.3, 0.4) is 0 Å². The molecule has 0 aliphatic heterocycles. The molecule has 3 aromatic carbocycles.